The second-order valence-corrected chi connectivity index (χ2v) is 3.71. The van der Waals surface area contributed by atoms with Gasteiger partial charge in [-0.1, -0.05) is 18.2 Å². The molecule has 3 aromatic rings. The average molecular weight is 246 g/mol. The molecule has 0 radical (unpaired) electrons. The summed E-state index contributed by atoms with van der Waals surface area (Å²) in [6.07, 6.45) is 4.59. The second-order valence-electron chi connectivity index (χ2n) is 3.71. The molecule has 1 aromatic carbocycles. The summed E-state index contributed by atoms with van der Waals surface area (Å²) >= 11 is 0. The van der Waals surface area contributed by atoms with E-state index in [1.165, 1.54) is 6.20 Å². The number of aromatic carboxylic acids is 1. The molecule has 4 nitrogen and oxygen atoms in total. The van der Waals surface area contributed by atoms with E-state index in [-0.39, 0.29) is 35.1 Å². The number of carboxylic acids is 1. The predicted octanol–water partition coefficient (Wildman–Crippen LogP) is -1.85. The molecule has 0 aliphatic heterocycles. The van der Waals surface area contributed by atoms with Crippen molar-refractivity contribution in [2.24, 2.45) is 0 Å². The summed E-state index contributed by atoms with van der Waals surface area (Å²) in [6, 6.07) is 7.36. The van der Waals surface area contributed by atoms with Crippen LogP contribution in [0.3, 0.4) is 0 Å². The molecular weight excluding hydrogens is 239 g/mol. The van der Waals surface area contributed by atoms with E-state index in [9.17, 15) is 9.90 Å². The van der Waals surface area contributed by atoms with Crippen molar-refractivity contribution in [3.63, 3.8) is 0 Å². The molecule has 0 spiro atoms. The van der Waals surface area contributed by atoms with Crippen molar-refractivity contribution in [2.75, 3.05) is 0 Å². The van der Waals surface area contributed by atoms with E-state index in [1.807, 2.05) is 18.2 Å². The Morgan fingerprint density at radius 2 is 1.94 bits per heavy atom. The number of carbonyl (C=O) groups excluding carboxylic acids is 1. The summed E-state index contributed by atoms with van der Waals surface area (Å²) in [5.41, 5.74) is 0.843. The molecule has 18 heavy (non-hydrogen) atoms. The Morgan fingerprint density at radius 1 is 1.11 bits per heavy atom. The van der Waals surface area contributed by atoms with Crippen molar-refractivity contribution in [3.8, 4) is 0 Å². The van der Waals surface area contributed by atoms with Gasteiger partial charge >= 0.3 is 29.6 Å². The van der Waals surface area contributed by atoms with E-state index >= 15 is 0 Å². The Bertz CT molecular complexity index is 743. The second kappa shape index (κ2) is 5.02. The van der Waals surface area contributed by atoms with Gasteiger partial charge in [-0.25, -0.2) is 0 Å². The molecule has 0 aliphatic rings. The molecule has 82 valence electrons. The minimum Gasteiger partial charge on any atom is -0.545 e. The fourth-order valence-electron chi connectivity index (χ4n) is 1.95. The topological polar surface area (TPSA) is 65.9 Å². The fourth-order valence-corrected chi connectivity index (χ4v) is 1.95. The van der Waals surface area contributed by atoms with E-state index in [0.29, 0.717) is 5.39 Å². The third-order valence-corrected chi connectivity index (χ3v) is 2.73. The van der Waals surface area contributed by atoms with Gasteiger partial charge in [0.15, 0.2) is 0 Å². The Kier molecular flexibility index (Phi) is 3.61. The van der Waals surface area contributed by atoms with Crippen LogP contribution >= 0.6 is 0 Å². The van der Waals surface area contributed by atoms with Crippen LogP contribution in [-0.2, 0) is 0 Å². The van der Waals surface area contributed by atoms with Gasteiger partial charge in [-0.15, -0.1) is 0 Å². The quantitative estimate of drug-likeness (QED) is 0.373. The molecule has 0 amide bonds. The zero-order valence-electron chi connectivity index (χ0n) is 9.75. The molecule has 3 rings (SSSR count). The molecule has 0 unspecified atom stereocenters. The van der Waals surface area contributed by atoms with Gasteiger partial charge in [-0.2, -0.15) is 0 Å². The van der Waals surface area contributed by atoms with Gasteiger partial charge in [0, 0.05) is 34.9 Å². The van der Waals surface area contributed by atoms with Crippen LogP contribution in [0, 0.1) is 0 Å². The van der Waals surface area contributed by atoms with Gasteiger partial charge in [-0.3, -0.25) is 9.97 Å². The minimum absolute atomic E-state index is 0. The van der Waals surface area contributed by atoms with Gasteiger partial charge in [0.05, 0.1) is 11.5 Å². The summed E-state index contributed by atoms with van der Waals surface area (Å²) < 4.78 is 0. The number of hydrogen-bond donors (Lipinski definition) is 0. The largest absolute Gasteiger partial charge is 1.00 e. The van der Waals surface area contributed by atoms with Crippen molar-refractivity contribution >= 4 is 27.6 Å². The number of benzene rings is 1. The van der Waals surface area contributed by atoms with E-state index in [0.717, 1.165) is 16.3 Å². The van der Waals surface area contributed by atoms with Crippen molar-refractivity contribution in [1.29, 1.82) is 0 Å². The van der Waals surface area contributed by atoms with Crippen LogP contribution in [0.5, 0.6) is 0 Å². The van der Waals surface area contributed by atoms with Gasteiger partial charge < -0.3 is 9.90 Å². The van der Waals surface area contributed by atoms with Crippen LogP contribution in [0.1, 0.15) is 10.4 Å². The normalized spacial score (nSPS) is 10.2. The third-order valence-electron chi connectivity index (χ3n) is 2.73. The molecule has 0 saturated carbocycles. The Labute approximate surface area is 125 Å². The number of aromatic nitrogens is 2. The molecule has 2 heterocycles. The smallest absolute Gasteiger partial charge is 0.545 e. The zero-order valence-corrected chi connectivity index (χ0v) is 11.8. The number of carbonyl (C=O) groups is 1. The monoisotopic (exact) mass is 246 g/mol. The van der Waals surface area contributed by atoms with Gasteiger partial charge in [0.1, 0.15) is 0 Å². The van der Waals surface area contributed by atoms with Crippen LogP contribution in [0.2, 0.25) is 0 Å². The van der Waals surface area contributed by atoms with Gasteiger partial charge in [0.2, 0.25) is 0 Å². The first-order valence-corrected chi connectivity index (χ1v) is 5.10. The molecule has 0 saturated heterocycles. The zero-order chi connectivity index (χ0) is 11.8. The maximum atomic E-state index is 11.0. The van der Waals surface area contributed by atoms with Crippen LogP contribution in [0.15, 0.2) is 42.9 Å². The number of hydrogen-bond acceptors (Lipinski definition) is 4. The van der Waals surface area contributed by atoms with Crippen LogP contribution < -0.4 is 34.7 Å². The summed E-state index contributed by atoms with van der Waals surface area (Å²) in [7, 11) is 0. The first kappa shape index (κ1) is 13.0. The molecule has 0 atom stereocenters. The van der Waals surface area contributed by atoms with Crippen molar-refractivity contribution in [1.82, 2.24) is 9.97 Å². The third kappa shape index (κ3) is 1.99. The van der Waals surface area contributed by atoms with Crippen molar-refractivity contribution < 1.29 is 39.5 Å². The first-order chi connectivity index (χ1) is 8.27. The number of pyridine rings is 2. The summed E-state index contributed by atoms with van der Waals surface area (Å²) in [5, 5.41) is 13.3. The SMILES string of the molecule is O=C([O-])c1cncc2c1ccc1cccnc12.[Na+]. The Balaban J connectivity index is 0.00000120. The Morgan fingerprint density at radius 3 is 2.72 bits per heavy atom. The number of nitrogens with zero attached hydrogens (tertiary/aromatic N) is 2. The molecule has 0 fully saturated rings. The molecule has 5 heteroatoms. The fraction of sp³-hybridized carbons (Fsp3) is 0. The molecule has 0 bridgehead atoms. The van der Waals surface area contributed by atoms with E-state index < -0.39 is 5.97 Å². The van der Waals surface area contributed by atoms with Gasteiger partial charge in [0.25, 0.3) is 0 Å². The minimum atomic E-state index is -1.22. The van der Waals surface area contributed by atoms with E-state index in [4.69, 9.17) is 0 Å². The van der Waals surface area contributed by atoms with Crippen LogP contribution in [0.25, 0.3) is 21.7 Å². The molecule has 0 N–H and O–H groups in total. The van der Waals surface area contributed by atoms with Gasteiger partial charge in [-0.05, 0) is 11.5 Å². The standard InChI is InChI=1S/C13H8N2O2.Na/c16-13(17)11-7-14-6-10-9(11)4-3-8-2-1-5-15-12(8)10;/h1-7H,(H,16,17);/q;+1/p-1. The van der Waals surface area contributed by atoms with Crippen LogP contribution in [-0.4, -0.2) is 15.9 Å². The van der Waals surface area contributed by atoms with E-state index in [2.05, 4.69) is 9.97 Å². The van der Waals surface area contributed by atoms with Crippen LogP contribution in [0.4, 0.5) is 0 Å². The number of carboxylic acid groups (broad SMARTS) is 1. The molecule has 0 aliphatic carbocycles. The Hall–Kier alpha value is -1.49. The van der Waals surface area contributed by atoms with Crippen molar-refractivity contribution in [2.45, 2.75) is 0 Å². The maximum Gasteiger partial charge on any atom is 1.00 e. The predicted molar refractivity (Wildman–Crippen MR) is 61.4 cm³/mol. The summed E-state index contributed by atoms with van der Waals surface area (Å²) in [4.78, 5) is 19.2. The van der Waals surface area contributed by atoms with E-state index in [1.54, 1.807) is 18.5 Å². The summed E-state index contributed by atoms with van der Waals surface area (Å²) in [5.74, 6) is -1.22. The maximum absolute atomic E-state index is 11.0. The van der Waals surface area contributed by atoms with Crippen molar-refractivity contribution in [3.05, 3.63) is 48.4 Å². The molecular formula is C13H7N2NaO2. The average Bonchev–Trinajstić information content (AvgIpc) is 2.37. The summed E-state index contributed by atoms with van der Waals surface area (Å²) in [6.45, 7) is 0. The number of rotatable bonds is 1. The first-order valence-electron chi connectivity index (χ1n) is 5.10. The number of fused-ring (bicyclic) bond motifs is 3. The molecule has 2 aromatic heterocycles.